The SMILES string of the molecule is CC[C@@H](COC(C)=O)N[C@@H](COC)c1ccccc1. The van der Waals surface area contributed by atoms with E-state index in [1.165, 1.54) is 12.5 Å². The van der Waals surface area contributed by atoms with E-state index >= 15 is 0 Å². The Balaban J connectivity index is 2.63. The molecule has 1 rings (SSSR count). The first-order chi connectivity index (χ1) is 9.17. The standard InChI is InChI=1S/C15H23NO3/c1-4-14(10-19-12(2)17)16-15(11-18-3)13-8-6-5-7-9-13/h5-9,14-16H,4,10-11H2,1-3H3/t14-,15-/m0/s1. The number of nitrogens with one attached hydrogen (secondary N) is 1. The van der Waals surface area contributed by atoms with Crippen LogP contribution < -0.4 is 5.32 Å². The summed E-state index contributed by atoms with van der Waals surface area (Å²) in [4.78, 5) is 10.9. The van der Waals surface area contributed by atoms with E-state index in [2.05, 4.69) is 24.4 Å². The molecule has 1 aromatic rings. The third-order valence-corrected chi connectivity index (χ3v) is 2.95. The van der Waals surface area contributed by atoms with Crippen molar-refractivity contribution in [2.75, 3.05) is 20.3 Å². The van der Waals surface area contributed by atoms with Crippen LogP contribution >= 0.6 is 0 Å². The van der Waals surface area contributed by atoms with Gasteiger partial charge in [0.2, 0.25) is 0 Å². The summed E-state index contributed by atoms with van der Waals surface area (Å²) in [6.07, 6.45) is 0.889. The van der Waals surface area contributed by atoms with Crippen molar-refractivity contribution in [3.8, 4) is 0 Å². The Morgan fingerprint density at radius 3 is 2.47 bits per heavy atom. The minimum atomic E-state index is -0.247. The van der Waals surface area contributed by atoms with Crippen molar-refractivity contribution in [1.29, 1.82) is 0 Å². The highest BCUT2D eigenvalue weighted by molar-refractivity contribution is 5.65. The lowest BCUT2D eigenvalue weighted by molar-refractivity contribution is -0.141. The van der Waals surface area contributed by atoms with Crippen molar-refractivity contribution in [2.24, 2.45) is 0 Å². The maximum Gasteiger partial charge on any atom is 0.302 e. The Morgan fingerprint density at radius 1 is 1.26 bits per heavy atom. The second-order valence-corrected chi connectivity index (χ2v) is 4.49. The maximum atomic E-state index is 10.9. The summed E-state index contributed by atoms with van der Waals surface area (Å²) in [6, 6.07) is 10.4. The Labute approximate surface area is 115 Å². The lowest BCUT2D eigenvalue weighted by atomic mass is 10.1. The molecule has 0 heterocycles. The van der Waals surface area contributed by atoms with Gasteiger partial charge in [-0.25, -0.2) is 0 Å². The highest BCUT2D eigenvalue weighted by Crippen LogP contribution is 2.14. The Kier molecular flexibility index (Phi) is 7.15. The van der Waals surface area contributed by atoms with E-state index in [4.69, 9.17) is 9.47 Å². The van der Waals surface area contributed by atoms with Gasteiger partial charge in [-0.15, -0.1) is 0 Å². The van der Waals surface area contributed by atoms with Crippen LogP contribution in [0, 0.1) is 0 Å². The van der Waals surface area contributed by atoms with Crippen molar-refractivity contribution >= 4 is 5.97 Å². The lowest BCUT2D eigenvalue weighted by Crippen LogP contribution is -2.38. The highest BCUT2D eigenvalue weighted by Gasteiger charge is 2.16. The average molecular weight is 265 g/mol. The fourth-order valence-corrected chi connectivity index (χ4v) is 1.88. The van der Waals surface area contributed by atoms with E-state index in [9.17, 15) is 4.79 Å². The summed E-state index contributed by atoms with van der Waals surface area (Å²) in [6.45, 7) is 4.46. The summed E-state index contributed by atoms with van der Waals surface area (Å²) in [5, 5.41) is 3.47. The average Bonchev–Trinajstić information content (AvgIpc) is 2.43. The van der Waals surface area contributed by atoms with Gasteiger partial charge >= 0.3 is 5.97 Å². The zero-order chi connectivity index (χ0) is 14.1. The van der Waals surface area contributed by atoms with Crippen molar-refractivity contribution in [3.05, 3.63) is 35.9 Å². The van der Waals surface area contributed by atoms with Crippen LogP contribution in [0.25, 0.3) is 0 Å². The zero-order valence-electron chi connectivity index (χ0n) is 11.9. The van der Waals surface area contributed by atoms with Crippen LogP contribution in [0.5, 0.6) is 0 Å². The number of carbonyl (C=O) groups excluding carboxylic acids is 1. The molecular weight excluding hydrogens is 242 g/mol. The number of esters is 1. The molecule has 0 saturated carbocycles. The molecule has 0 aliphatic heterocycles. The first-order valence-corrected chi connectivity index (χ1v) is 6.60. The molecule has 1 N–H and O–H groups in total. The second-order valence-electron chi connectivity index (χ2n) is 4.49. The molecule has 0 saturated heterocycles. The maximum absolute atomic E-state index is 10.9. The molecule has 0 unspecified atom stereocenters. The van der Waals surface area contributed by atoms with E-state index in [-0.39, 0.29) is 18.1 Å². The van der Waals surface area contributed by atoms with Crippen LogP contribution in [0.4, 0.5) is 0 Å². The number of carbonyl (C=O) groups is 1. The summed E-state index contributed by atoms with van der Waals surface area (Å²) < 4.78 is 10.3. The first kappa shape index (κ1) is 15.7. The number of methoxy groups -OCH3 is 1. The molecule has 0 aliphatic carbocycles. The third-order valence-electron chi connectivity index (χ3n) is 2.95. The minimum Gasteiger partial charge on any atom is -0.464 e. The van der Waals surface area contributed by atoms with E-state index in [0.29, 0.717) is 13.2 Å². The molecule has 2 atom stereocenters. The Hall–Kier alpha value is -1.39. The van der Waals surface area contributed by atoms with Crippen LogP contribution in [-0.2, 0) is 14.3 Å². The fraction of sp³-hybridized carbons (Fsp3) is 0.533. The normalized spacial score (nSPS) is 13.8. The minimum absolute atomic E-state index is 0.103. The van der Waals surface area contributed by atoms with Gasteiger partial charge in [0.25, 0.3) is 0 Å². The smallest absolute Gasteiger partial charge is 0.302 e. The van der Waals surface area contributed by atoms with Gasteiger partial charge in [-0.3, -0.25) is 4.79 Å². The summed E-state index contributed by atoms with van der Waals surface area (Å²) in [5.41, 5.74) is 1.17. The number of ether oxygens (including phenoxy) is 2. The molecule has 0 bridgehead atoms. The van der Waals surface area contributed by atoms with Crippen molar-refractivity contribution < 1.29 is 14.3 Å². The third kappa shape index (κ3) is 5.85. The molecular formula is C15H23NO3. The molecule has 0 fully saturated rings. The van der Waals surface area contributed by atoms with Gasteiger partial charge in [0.1, 0.15) is 6.61 Å². The summed E-state index contributed by atoms with van der Waals surface area (Å²) in [5.74, 6) is -0.247. The first-order valence-electron chi connectivity index (χ1n) is 6.60. The predicted octanol–water partition coefficient (Wildman–Crippen LogP) is 2.31. The van der Waals surface area contributed by atoms with Gasteiger partial charge in [-0.2, -0.15) is 0 Å². The van der Waals surface area contributed by atoms with Gasteiger partial charge in [-0.1, -0.05) is 37.3 Å². The fourth-order valence-electron chi connectivity index (χ4n) is 1.88. The largest absolute Gasteiger partial charge is 0.464 e. The van der Waals surface area contributed by atoms with Crippen LogP contribution in [0.1, 0.15) is 31.9 Å². The molecule has 4 nitrogen and oxygen atoms in total. The monoisotopic (exact) mass is 265 g/mol. The second kappa shape index (κ2) is 8.67. The Bertz CT molecular complexity index is 367. The molecule has 4 heteroatoms. The highest BCUT2D eigenvalue weighted by atomic mass is 16.5. The predicted molar refractivity (Wildman–Crippen MR) is 74.9 cm³/mol. The number of benzene rings is 1. The quantitative estimate of drug-likeness (QED) is 0.733. The van der Waals surface area contributed by atoms with Gasteiger partial charge in [0, 0.05) is 20.1 Å². The lowest BCUT2D eigenvalue weighted by Gasteiger charge is -2.24. The van der Waals surface area contributed by atoms with E-state index in [0.717, 1.165) is 6.42 Å². The van der Waals surface area contributed by atoms with Gasteiger partial charge < -0.3 is 14.8 Å². The molecule has 0 amide bonds. The van der Waals surface area contributed by atoms with Crippen LogP contribution in [-0.4, -0.2) is 32.3 Å². The number of hydrogen-bond acceptors (Lipinski definition) is 4. The molecule has 0 radical (unpaired) electrons. The number of rotatable bonds is 8. The van der Waals surface area contributed by atoms with Crippen molar-refractivity contribution in [3.63, 3.8) is 0 Å². The molecule has 0 aromatic heterocycles. The van der Waals surface area contributed by atoms with Gasteiger partial charge in [-0.05, 0) is 12.0 Å². The Morgan fingerprint density at radius 2 is 1.95 bits per heavy atom. The van der Waals surface area contributed by atoms with E-state index < -0.39 is 0 Å². The van der Waals surface area contributed by atoms with Crippen LogP contribution in [0.2, 0.25) is 0 Å². The summed E-state index contributed by atoms with van der Waals surface area (Å²) in [7, 11) is 1.69. The van der Waals surface area contributed by atoms with Crippen LogP contribution in [0.15, 0.2) is 30.3 Å². The van der Waals surface area contributed by atoms with Crippen molar-refractivity contribution in [2.45, 2.75) is 32.4 Å². The molecule has 1 aromatic carbocycles. The summed E-state index contributed by atoms with van der Waals surface area (Å²) >= 11 is 0. The molecule has 106 valence electrons. The van der Waals surface area contributed by atoms with E-state index in [1.54, 1.807) is 7.11 Å². The van der Waals surface area contributed by atoms with E-state index in [1.807, 2.05) is 18.2 Å². The van der Waals surface area contributed by atoms with Gasteiger partial charge in [0.05, 0.1) is 12.6 Å². The zero-order valence-corrected chi connectivity index (χ0v) is 11.9. The molecule has 0 spiro atoms. The topological polar surface area (TPSA) is 47.6 Å². The number of hydrogen-bond donors (Lipinski definition) is 1. The van der Waals surface area contributed by atoms with Crippen LogP contribution in [0.3, 0.4) is 0 Å². The molecule has 19 heavy (non-hydrogen) atoms. The molecule has 0 aliphatic rings. The van der Waals surface area contributed by atoms with Gasteiger partial charge in [0.15, 0.2) is 0 Å². The van der Waals surface area contributed by atoms with Crippen molar-refractivity contribution in [1.82, 2.24) is 5.32 Å².